The fraction of sp³-hybridized carbons (Fsp3) is 0.500. The van der Waals surface area contributed by atoms with Crippen LogP contribution in [0, 0.1) is 0 Å². The Hall–Kier alpha value is -1.64. The molecule has 1 aromatic rings. The maximum Gasteiger partial charge on any atom is 0.305 e. The van der Waals surface area contributed by atoms with E-state index in [0.717, 1.165) is 18.5 Å². The molecule has 0 heterocycles. The highest BCUT2D eigenvalue weighted by atomic mass is 16.5. The zero-order chi connectivity index (χ0) is 13.8. The summed E-state index contributed by atoms with van der Waals surface area (Å²) in [6.07, 6.45) is 7.42. The van der Waals surface area contributed by atoms with Crippen LogP contribution in [-0.2, 0) is 9.53 Å². The average Bonchev–Trinajstić information content (AvgIpc) is 2.44. The van der Waals surface area contributed by atoms with Gasteiger partial charge in [-0.3, -0.25) is 9.79 Å². The minimum atomic E-state index is -0.0933. The van der Waals surface area contributed by atoms with Crippen molar-refractivity contribution >= 4 is 17.9 Å². The van der Waals surface area contributed by atoms with Gasteiger partial charge in [-0.05, 0) is 18.6 Å². The second-order valence-electron chi connectivity index (χ2n) is 4.47. The summed E-state index contributed by atoms with van der Waals surface area (Å²) in [5, 5.41) is 0. The van der Waals surface area contributed by atoms with Crippen molar-refractivity contribution < 1.29 is 9.53 Å². The molecule has 0 aliphatic rings. The van der Waals surface area contributed by atoms with Gasteiger partial charge in [0.25, 0.3) is 0 Å². The molecule has 0 spiro atoms. The number of carbonyl (C=O) groups excluding carboxylic acids is 1. The van der Waals surface area contributed by atoms with Crippen LogP contribution in [0.25, 0.3) is 0 Å². The van der Waals surface area contributed by atoms with Crippen molar-refractivity contribution in [3.63, 3.8) is 0 Å². The Morgan fingerprint density at radius 3 is 2.74 bits per heavy atom. The van der Waals surface area contributed by atoms with E-state index in [1.165, 1.54) is 12.8 Å². The van der Waals surface area contributed by atoms with Crippen LogP contribution in [0.2, 0.25) is 0 Å². The number of para-hydroxylation sites is 1. The predicted molar refractivity (Wildman–Crippen MR) is 78.9 cm³/mol. The molecule has 0 aliphatic heterocycles. The van der Waals surface area contributed by atoms with Gasteiger partial charge in [0.2, 0.25) is 0 Å². The molecule has 0 unspecified atom stereocenters. The molecule has 19 heavy (non-hydrogen) atoms. The first-order chi connectivity index (χ1) is 9.33. The summed E-state index contributed by atoms with van der Waals surface area (Å²) in [7, 11) is 0. The third kappa shape index (κ3) is 8.14. The number of unbranched alkanes of at least 4 members (excludes halogenated alkanes) is 3. The van der Waals surface area contributed by atoms with Gasteiger partial charge in [0.05, 0.1) is 12.3 Å². The normalized spacial score (nSPS) is 10.8. The summed E-state index contributed by atoms with van der Waals surface area (Å²) >= 11 is 0. The summed E-state index contributed by atoms with van der Waals surface area (Å²) in [5.41, 5.74) is 0.924. The van der Waals surface area contributed by atoms with E-state index in [2.05, 4.69) is 11.9 Å². The van der Waals surface area contributed by atoms with Gasteiger partial charge < -0.3 is 4.74 Å². The molecule has 3 heteroatoms. The van der Waals surface area contributed by atoms with Crippen molar-refractivity contribution in [2.24, 2.45) is 4.99 Å². The van der Waals surface area contributed by atoms with Gasteiger partial charge in [-0.1, -0.05) is 44.4 Å². The Bertz CT molecular complexity index is 374. The molecule has 0 saturated heterocycles. The maximum atomic E-state index is 11.4. The number of carbonyl (C=O) groups is 1. The second-order valence-corrected chi connectivity index (χ2v) is 4.47. The fourth-order valence-electron chi connectivity index (χ4n) is 1.68. The largest absolute Gasteiger partial charge is 0.465 e. The van der Waals surface area contributed by atoms with Crippen molar-refractivity contribution in [2.45, 2.75) is 45.4 Å². The van der Waals surface area contributed by atoms with E-state index in [4.69, 9.17) is 4.74 Å². The number of nitrogens with zero attached hydrogens (tertiary/aromatic N) is 1. The smallest absolute Gasteiger partial charge is 0.305 e. The minimum Gasteiger partial charge on any atom is -0.465 e. The van der Waals surface area contributed by atoms with Crippen molar-refractivity contribution in [3.05, 3.63) is 30.3 Å². The van der Waals surface area contributed by atoms with E-state index in [9.17, 15) is 4.79 Å². The van der Waals surface area contributed by atoms with Crippen molar-refractivity contribution in [2.75, 3.05) is 6.61 Å². The molecule has 1 rings (SSSR count). The molecule has 104 valence electrons. The van der Waals surface area contributed by atoms with Crippen LogP contribution >= 0.6 is 0 Å². The number of benzene rings is 1. The molecule has 0 atom stereocenters. The van der Waals surface area contributed by atoms with Gasteiger partial charge in [0, 0.05) is 19.1 Å². The third-order valence-electron chi connectivity index (χ3n) is 2.74. The van der Waals surface area contributed by atoms with Crippen molar-refractivity contribution in [3.8, 4) is 0 Å². The summed E-state index contributed by atoms with van der Waals surface area (Å²) in [6.45, 7) is 2.58. The molecular formula is C16H23NO2. The standard InChI is InChI=1S/C16H23NO2/c1-2-3-4-8-12-16(18)19-14-9-13-17-15-10-6-5-7-11-15/h5-7,10-11,13H,2-4,8-9,12,14H2,1H3. The highest BCUT2D eigenvalue weighted by molar-refractivity contribution is 5.70. The number of rotatable bonds is 9. The summed E-state index contributed by atoms with van der Waals surface area (Å²) in [5.74, 6) is -0.0933. The highest BCUT2D eigenvalue weighted by Gasteiger charge is 2.01. The van der Waals surface area contributed by atoms with E-state index in [-0.39, 0.29) is 5.97 Å². The van der Waals surface area contributed by atoms with Gasteiger partial charge in [0.1, 0.15) is 0 Å². The Morgan fingerprint density at radius 1 is 1.21 bits per heavy atom. The fourth-order valence-corrected chi connectivity index (χ4v) is 1.68. The lowest BCUT2D eigenvalue weighted by molar-refractivity contribution is -0.143. The summed E-state index contributed by atoms with van der Waals surface area (Å²) in [4.78, 5) is 15.6. The van der Waals surface area contributed by atoms with Crippen LogP contribution in [0.3, 0.4) is 0 Å². The molecule has 0 aromatic heterocycles. The van der Waals surface area contributed by atoms with E-state index in [1.54, 1.807) is 6.21 Å². The lowest BCUT2D eigenvalue weighted by Crippen LogP contribution is -2.05. The molecule has 0 fully saturated rings. The molecule has 3 nitrogen and oxygen atoms in total. The SMILES string of the molecule is CCCCCCC(=O)OCCC=Nc1ccccc1. The zero-order valence-corrected chi connectivity index (χ0v) is 11.7. The van der Waals surface area contributed by atoms with Crippen molar-refractivity contribution in [1.82, 2.24) is 0 Å². The number of aliphatic imine (C=N–C) groups is 1. The van der Waals surface area contributed by atoms with Gasteiger partial charge in [-0.15, -0.1) is 0 Å². The lowest BCUT2D eigenvalue weighted by atomic mass is 10.2. The molecule has 0 N–H and O–H groups in total. The summed E-state index contributed by atoms with van der Waals surface area (Å²) in [6, 6.07) is 9.73. The topological polar surface area (TPSA) is 38.7 Å². The highest BCUT2D eigenvalue weighted by Crippen LogP contribution is 2.08. The Balaban J connectivity index is 2.04. The third-order valence-corrected chi connectivity index (χ3v) is 2.74. The predicted octanol–water partition coefficient (Wildman–Crippen LogP) is 4.29. The van der Waals surface area contributed by atoms with Crippen LogP contribution in [0.5, 0.6) is 0 Å². The molecule has 0 bridgehead atoms. The van der Waals surface area contributed by atoms with E-state index in [0.29, 0.717) is 19.4 Å². The monoisotopic (exact) mass is 261 g/mol. The van der Waals surface area contributed by atoms with Crippen LogP contribution in [0.15, 0.2) is 35.3 Å². The second kappa shape index (κ2) is 10.3. The van der Waals surface area contributed by atoms with Crippen molar-refractivity contribution in [1.29, 1.82) is 0 Å². The van der Waals surface area contributed by atoms with E-state index < -0.39 is 0 Å². The van der Waals surface area contributed by atoms with Crippen LogP contribution < -0.4 is 0 Å². The Kier molecular flexibility index (Phi) is 8.36. The van der Waals surface area contributed by atoms with E-state index in [1.807, 2.05) is 30.3 Å². The van der Waals surface area contributed by atoms with Crippen LogP contribution in [0.1, 0.15) is 45.4 Å². The number of hydrogen-bond donors (Lipinski definition) is 0. The van der Waals surface area contributed by atoms with Crippen LogP contribution in [0.4, 0.5) is 5.69 Å². The molecular weight excluding hydrogens is 238 g/mol. The van der Waals surface area contributed by atoms with Gasteiger partial charge in [-0.2, -0.15) is 0 Å². The number of ether oxygens (including phenoxy) is 1. The first-order valence-corrected chi connectivity index (χ1v) is 7.06. The molecule has 0 amide bonds. The first kappa shape index (κ1) is 15.4. The van der Waals surface area contributed by atoms with Gasteiger partial charge in [-0.25, -0.2) is 0 Å². The number of esters is 1. The number of hydrogen-bond acceptors (Lipinski definition) is 3. The molecule has 0 radical (unpaired) electrons. The maximum absolute atomic E-state index is 11.4. The summed E-state index contributed by atoms with van der Waals surface area (Å²) < 4.78 is 5.13. The zero-order valence-electron chi connectivity index (χ0n) is 11.7. The molecule has 0 saturated carbocycles. The van der Waals surface area contributed by atoms with E-state index >= 15 is 0 Å². The molecule has 1 aromatic carbocycles. The van der Waals surface area contributed by atoms with Gasteiger partial charge >= 0.3 is 5.97 Å². The minimum absolute atomic E-state index is 0.0933. The van der Waals surface area contributed by atoms with Gasteiger partial charge in [0.15, 0.2) is 0 Å². The first-order valence-electron chi connectivity index (χ1n) is 7.06. The molecule has 0 aliphatic carbocycles. The quantitative estimate of drug-likeness (QED) is 0.378. The lowest BCUT2D eigenvalue weighted by Gasteiger charge is -2.02. The Morgan fingerprint density at radius 2 is 2.00 bits per heavy atom. The van der Waals surface area contributed by atoms with Crippen LogP contribution in [-0.4, -0.2) is 18.8 Å². The Labute approximate surface area is 115 Å². The average molecular weight is 261 g/mol.